The van der Waals surface area contributed by atoms with Gasteiger partial charge in [0, 0.05) is 13.6 Å². The molecular formula is C7H16N4OS. The first-order valence-electron chi connectivity index (χ1n) is 4.05. The van der Waals surface area contributed by atoms with Crippen LogP contribution in [-0.4, -0.2) is 35.6 Å². The highest BCUT2D eigenvalue weighted by atomic mass is 32.1. The molecule has 0 aromatic rings. The number of hydrazine groups is 1. The number of nitrogens with one attached hydrogen (secondary N) is 2. The first-order chi connectivity index (χ1) is 6.02. The molecule has 4 N–H and O–H groups in total. The predicted molar refractivity (Wildman–Crippen MR) is 55.8 cm³/mol. The molecule has 0 radical (unpaired) electrons. The Morgan fingerprint density at radius 3 is 2.62 bits per heavy atom. The van der Waals surface area contributed by atoms with Crippen LogP contribution in [0, 0.1) is 0 Å². The average molecular weight is 204 g/mol. The van der Waals surface area contributed by atoms with Crippen molar-refractivity contribution in [2.45, 2.75) is 19.9 Å². The fourth-order valence-electron chi connectivity index (χ4n) is 0.786. The first-order valence-corrected chi connectivity index (χ1v) is 4.45. The summed E-state index contributed by atoms with van der Waals surface area (Å²) in [5.74, 6) is 5.04. The summed E-state index contributed by atoms with van der Waals surface area (Å²) in [6.45, 7) is 4.32. The van der Waals surface area contributed by atoms with E-state index in [0.717, 1.165) is 0 Å². The van der Waals surface area contributed by atoms with Crippen LogP contribution in [0.2, 0.25) is 0 Å². The number of hydrogen-bond donors (Lipinski definition) is 3. The molecule has 76 valence electrons. The van der Waals surface area contributed by atoms with E-state index in [9.17, 15) is 4.79 Å². The SMILES string of the molecule is CCN(C)C(=O)C(C)NC(=S)NN. The zero-order valence-corrected chi connectivity index (χ0v) is 8.94. The highest BCUT2D eigenvalue weighted by molar-refractivity contribution is 7.80. The molecule has 0 saturated heterocycles. The van der Waals surface area contributed by atoms with Crippen LogP contribution in [0.1, 0.15) is 13.8 Å². The van der Waals surface area contributed by atoms with Gasteiger partial charge in [0.1, 0.15) is 6.04 Å². The van der Waals surface area contributed by atoms with Gasteiger partial charge in [0.05, 0.1) is 0 Å². The summed E-state index contributed by atoms with van der Waals surface area (Å²) in [7, 11) is 1.74. The molecule has 1 amide bonds. The molecule has 0 aromatic carbocycles. The van der Waals surface area contributed by atoms with E-state index in [2.05, 4.69) is 10.7 Å². The molecule has 6 heteroatoms. The number of carbonyl (C=O) groups excluding carboxylic acids is 1. The van der Waals surface area contributed by atoms with Gasteiger partial charge in [-0.3, -0.25) is 4.79 Å². The number of nitrogens with zero attached hydrogens (tertiary/aromatic N) is 1. The van der Waals surface area contributed by atoms with Crippen molar-refractivity contribution in [2.75, 3.05) is 13.6 Å². The topological polar surface area (TPSA) is 70.4 Å². The number of carbonyl (C=O) groups is 1. The fraction of sp³-hybridized carbons (Fsp3) is 0.714. The van der Waals surface area contributed by atoms with Crippen LogP contribution >= 0.6 is 12.2 Å². The number of likely N-dealkylation sites (N-methyl/N-ethyl adjacent to an activating group) is 1. The molecule has 0 aliphatic heterocycles. The summed E-state index contributed by atoms with van der Waals surface area (Å²) in [6.07, 6.45) is 0. The van der Waals surface area contributed by atoms with Gasteiger partial charge in [-0.1, -0.05) is 0 Å². The first kappa shape index (κ1) is 12.1. The predicted octanol–water partition coefficient (Wildman–Crippen LogP) is -0.809. The molecule has 0 spiro atoms. The van der Waals surface area contributed by atoms with Crippen molar-refractivity contribution in [3.63, 3.8) is 0 Å². The smallest absolute Gasteiger partial charge is 0.244 e. The standard InChI is InChI=1S/C7H16N4OS/c1-4-11(3)6(12)5(2)9-7(13)10-8/h5H,4,8H2,1-3H3,(H2,9,10,13). The van der Waals surface area contributed by atoms with Crippen LogP contribution < -0.4 is 16.6 Å². The third-order valence-corrected chi connectivity index (χ3v) is 1.94. The Balaban J connectivity index is 4.03. The molecule has 0 rings (SSSR count). The van der Waals surface area contributed by atoms with E-state index in [4.69, 9.17) is 18.1 Å². The largest absolute Gasteiger partial charge is 0.350 e. The zero-order chi connectivity index (χ0) is 10.4. The maximum Gasteiger partial charge on any atom is 0.244 e. The van der Waals surface area contributed by atoms with Crippen LogP contribution in [0.4, 0.5) is 0 Å². The van der Waals surface area contributed by atoms with Crippen molar-refractivity contribution in [2.24, 2.45) is 5.84 Å². The number of thiocarbonyl (C=S) groups is 1. The summed E-state index contributed by atoms with van der Waals surface area (Å²) in [4.78, 5) is 13.1. The maximum absolute atomic E-state index is 11.5. The van der Waals surface area contributed by atoms with Gasteiger partial charge < -0.3 is 15.6 Å². The Kier molecular flexibility index (Phi) is 5.33. The van der Waals surface area contributed by atoms with Crippen molar-refractivity contribution >= 4 is 23.2 Å². The minimum Gasteiger partial charge on any atom is -0.350 e. The van der Waals surface area contributed by atoms with Crippen LogP contribution in [0.3, 0.4) is 0 Å². The third kappa shape index (κ3) is 4.05. The Morgan fingerprint density at radius 2 is 2.23 bits per heavy atom. The van der Waals surface area contributed by atoms with E-state index in [1.807, 2.05) is 6.92 Å². The van der Waals surface area contributed by atoms with Crippen LogP contribution in [0.25, 0.3) is 0 Å². The van der Waals surface area contributed by atoms with E-state index in [1.165, 1.54) is 0 Å². The summed E-state index contributed by atoms with van der Waals surface area (Å²) in [5, 5.41) is 3.02. The Hall–Kier alpha value is -0.880. The molecule has 0 aliphatic rings. The van der Waals surface area contributed by atoms with Gasteiger partial charge in [0.15, 0.2) is 5.11 Å². The van der Waals surface area contributed by atoms with E-state index in [1.54, 1.807) is 18.9 Å². The number of nitrogens with two attached hydrogens (primary N) is 1. The summed E-state index contributed by atoms with van der Waals surface area (Å²) in [6, 6.07) is -0.353. The lowest BCUT2D eigenvalue weighted by atomic mass is 10.3. The van der Waals surface area contributed by atoms with Gasteiger partial charge >= 0.3 is 0 Å². The molecule has 0 bridgehead atoms. The van der Waals surface area contributed by atoms with E-state index in [0.29, 0.717) is 6.54 Å². The fourth-order valence-corrected chi connectivity index (χ4v) is 0.963. The van der Waals surface area contributed by atoms with E-state index < -0.39 is 0 Å². The summed E-state index contributed by atoms with van der Waals surface area (Å²) >= 11 is 4.76. The molecule has 0 heterocycles. The van der Waals surface area contributed by atoms with E-state index >= 15 is 0 Å². The lowest BCUT2D eigenvalue weighted by molar-refractivity contribution is -0.131. The van der Waals surface area contributed by atoms with Crippen molar-refractivity contribution in [1.82, 2.24) is 15.6 Å². The van der Waals surface area contributed by atoms with Gasteiger partial charge in [0.25, 0.3) is 0 Å². The molecular weight excluding hydrogens is 188 g/mol. The maximum atomic E-state index is 11.5. The minimum absolute atomic E-state index is 0.0138. The molecule has 0 aliphatic carbocycles. The van der Waals surface area contributed by atoms with Crippen molar-refractivity contribution in [3.05, 3.63) is 0 Å². The lowest BCUT2D eigenvalue weighted by Crippen LogP contribution is -2.50. The van der Waals surface area contributed by atoms with Gasteiger partial charge in [-0.15, -0.1) is 0 Å². The second kappa shape index (κ2) is 5.71. The summed E-state index contributed by atoms with van der Waals surface area (Å²) < 4.78 is 0. The van der Waals surface area contributed by atoms with Gasteiger partial charge in [0.2, 0.25) is 5.91 Å². The monoisotopic (exact) mass is 204 g/mol. The Labute approximate surface area is 83.6 Å². The third-order valence-electron chi connectivity index (χ3n) is 1.70. The molecule has 5 nitrogen and oxygen atoms in total. The van der Waals surface area contributed by atoms with E-state index in [-0.39, 0.29) is 17.1 Å². The van der Waals surface area contributed by atoms with Crippen LogP contribution in [0.5, 0.6) is 0 Å². The number of rotatable bonds is 3. The number of amides is 1. The zero-order valence-electron chi connectivity index (χ0n) is 8.13. The molecule has 0 fully saturated rings. The molecule has 13 heavy (non-hydrogen) atoms. The second-order valence-corrected chi connectivity index (χ2v) is 3.10. The lowest BCUT2D eigenvalue weighted by Gasteiger charge is -2.21. The average Bonchev–Trinajstić information content (AvgIpc) is 2.14. The molecule has 1 atom stereocenters. The molecule has 0 aromatic heterocycles. The van der Waals surface area contributed by atoms with Crippen LogP contribution in [0.15, 0.2) is 0 Å². The van der Waals surface area contributed by atoms with Gasteiger partial charge in [-0.05, 0) is 26.1 Å². The molecule has 0 saturated carbocycles. The minimum atomic E-state index is -0.353. The second-order valence-electron chi connectivity index (χ2n) is 2.69. The number of hydrogen-bond acceptors (Lipinski definition) is 3. The summed E-state index contributed by atoms with van der Waals surface area (Å²) in [5.41, 5.74) is 2.26. The molecule has 1 unspecified atom stereocenters. The highest BCUT2D eigenvalue weighted by Gasteiger charge is 2.16. The van der Waals surface area contributed by atoms with Gasteiger partial charge in [-0.25, -0.2) is 5.84 Å². The Bertz CT molecular complexity index is 197. The quantitative estimate of drug-likeness (QED) is 0.319. The normalized spacial score (nSPS) is 11.7. The van der Waals surface area contributed by atoms with Gasteiger partial charge in [-0.2, -0.15) is 0 Å². The van der Waals surface area contributed by atoms with Crippen LogP contribution in [-0.2, 0) is 4.79 Å². The highest BCUT2D eigenvalue weighted by Crippen LogP contribution is 1.90. The Morgan fingerprint density at radius 1 is 1.69 bits per heavy atom. The van der Waals surface area contributed by atoms with Crippen molar-refractivity contribution in [3.8, 4) is 0 Å². The van der Waals surface area contributed by atoms with Crippen molar-refractivity contribution < 1.29 is 4.79 Å². The van der Waals surface area contributed by atoms with Crippen molar-refractivity contribution in [1.29, 1.82) is 0 Å².